The smallest absolute Gasteiger partial charge is 0.249 e. The quantitative estimate of drug-likeness (QED) is 0.480. The zero-order valence-corrected chi connectivity index (χ0v) is 15.0. The minimum Gasteiger partial charge on any atom is -0.354 e. The molecule has 0 heterocycles. The highest BCUT2D eigenvalue weighted by atomic mass is 16.2. The number of nitrogens with one attached hydrogen (secondary N) is 2. The van der Waals surface area contributed by atoms with Crippen LogP contribution in [-0.4, -0.2) is 36.0 Å². The molecule has 0 aliphatic rings. The third-order valence-electron chi connectivity index (χ3n) is 3.29. The molecule has 6 heteroatoms. The Hall–Kier alpha value is -1.46. The van der Waals surface area contributed by atoms with Gasteiger partial charge in [0.25, 0.3) is 0 Å². The number of amides is 2. The molecule has 0 aliphatic heterocycles. The van der Waals surface area contributed by atoms with Crippen molar-refractivity contribution >= 4 is 11.8 Å². The summed E-state index contributed by atoms with van der Waals surface area (Å²) in [6, 6.07) is 0. The van der Waals surface area contributed by atoms with Crippen molar-refractivity contribution in [2.75, 3.05) is 13.1 Å². The predicted molar refractivity (Wildman–Crippen MR) is 88.8 cm³/mol. The molecule has 0 fully saturated rings. The number of unbranched alkanes of at least 4 members (excludes halogenated alkanes) is 2. The van der Waals surface area contributed by atoms with Crippen LogP contribution in [-0.2, 0) is 9.59 Å². The van der Waals surface area contributed by atoms with Crippen LogP contribution in [0.4, 0.5) is 0 Å². The van der Waals surface area contributed by atoms with Gasteiger partial charge in [0.15, 0.2) is 11.1 Å². The summed E-state index contributed by atoms with van der Waals surface area (Å²) in [4.78, 5) is 24.1. The lowest BCUT2D eigenvalue weighted by Gasteiger charge is -2.22. The van der Waals surface area contributed by atoms with Gasteiger partial charge in [0.05, 0.1) is 0 Å². The van der Waals surface area contributed by atoms with Crippen molar-refractivity contribution < 1.29 is 9.59 Å². The highest BCUT2D eigenvalue weighted by Gasteiger charge is 2.31. The molecule has 0 aromatic carbocycles. The maximum atomic E-state index is 12.1. The fourth-order valence-corrected chi connectivity index (χ4v) is 1.53. The van der Waals surface area contributed by atoms with Crippen molar-refractivity contribution in [1.82, 2.24) is 10.6 Å². The van der Waals surface area contributed by atoms with Crippen LogP contribution < -0.4 is 10.6 Å². The molecule has 0 atom stereocenters. The van der Waals surface area contributed by atoms with Crippen LogP contribution in [0.3, 0.4) is 0 Å². The Bertz CT molecular complexity index is 354. The fourth-order valence-electron chi connectivity index (χ4n) is 1.53. The Morgan fingerprint density at radius 2 is 1.09 bits per heavy atom. The highest BCUT2D eigenvalue weighted by Crippen LogP contribution is 2.16. The predicted octanol–water partition coefficient (Wildman–Crippen LogP) is 2.83. The van der Waals surface area contributed by atoms with E-state index in [-0.39, 0.29) is 11.8 Å². The third kappa shape index (κ3) is 7.52. The summed E-state index contributed by atoms with van der Waals surface area (Å²) >= 11 is 0. The summed E-state index contributed by atoms with van der Waals surface area (Å²) in [5, 5.41) is 13.9. The molecular weight excluding hydrogens is 280 g/mol. The standard InChI is InChI=1S/C16H32N4O2/c1-7-9-11-17-13(21)15(3,4)19-20-16(5,6)14(22)18-12-10-8-2/h7-12H2,1-6H3,(H,17,21)(H,18,22)/b20-19+. The highest BCUT2D eigenvalue weighted by molar-refractivity contribution is 5.86. The lowest BCUT2D eigenvalue weighted by atomic mass is 10.0. The van der Waals surface area contributed by atoms with Crippen LogP contribution in [0.5, 0.6) is 0 Å². The summed E-state index contributed by atoms with van der Waals surface area (Å²) in [5.41, 5.74) is -1.95. The Labute approximate surface area is 134 Å². The molecule has 2 N–H and O–H groups in total. The molecule has 0 radical (unpaired) electrons. The van der Waals surface area contributed by atoms with Crippen molar-refractivity contribution in [3.05, 3.63) is 0 Å². The van der Waals surface area contributed by atoms with E-state index in [1.807, 2.05) is 0 Å². The first-order chi connectivity index (χ1) is 10.2. The van der Waals surface area contributed by atoms with Crippen molar-refractivity contribution in [3.8, 4) is 0 Å². The second kappa shape index (κ2) is 9.54. The molecule has 0 rings (SSSR count). The number of rotatable bonds is 10. The van der Waals surface area contributed by atoms with Gasteiger partial charge in [-0.15, -0.1) is 0 Å². The molecule has 0 spiro atoms. The summed E-state index contributed by atoms with van der Waals surface area (Å²) in [6.45, 7) is 12.2. The minimum absolute atomic E-state index is 0.174. The first-order valence-electron chi connectivity index (χ1n) is 8.18. The molecule has 2 amide bonds. The Morgan fingerprint density at radius 3 is 1.36 bits per heavy atom. The number of nitrogens with zero attached hydrogens (tertiary/aromatic N) is 2. The van der Waals surface area contributed by atoms with Crippen LogP contribution in [0.2, 0.25) is 0 Å². The Balaban J connectivity index is 4.62. The van der Waals surface area contributed by atoms with E-state index < -0.39 is 11.1 Å². The average Bonchev–Trinajstić information content (AvgIpc) is 2.45. The summed E-state index contributed by atoms with van der Waals surface area (Å²) in [6.07, 6.45) is 3.91. The van der Waals surface area contributed by atoms with Crippen LogP contribution in [0.25, 0.3) is 0 Å². The first kappa shape index (κ1) is 20.5. The Morgan fingerprint density at radius 1 is 0.773 bits per heavy atom. The maximum absolute atomic E-state index is 12.1. The third-order valence-corrected chi connectivity index (χ3v) is 3.29. The summed E-state index contributed by atoms with van der Waals surface area (Å²) in [5.74, 6) is -0.348. The zero-order valence-electron chi connectivity index (χ0n) is 15.0. The molecule has 0 aliphatic carbocycles. The van der Waals surface area contributed by atoms with Gasteiger partial charge in [-0.2, -0.15) is 10.2 Å². The van der Waals surface area contributed by atoms with E-state index in [0.29, 0.717) is 13.1 Å². The van der Waals surface area contributed by atoms with E-state index in [1.165, 1.54) is 0 Å². The van der Waals surface area contributed by atoms with Gasteiger partial charge < -0.3 is 10.6 Å². The van der Waals surface area contributed by atoms with E-state index in [4.69, 9.17) is 0 Å². The van der Waals surface area contributed by atoms with Crippen LogP contribution in [0.1, 0.15) is 67.2 Å². The van der Waals surface area contributed by atoms with Gasteiger partial charge in [-0.1, -0.05) is 26.7 Å². The topological polar surface area (TPSA) is 82.9 Å². The molecule has 0 unspecified atom stereocenters. The number of hydrogen-bond acceptors (Lipinski definition) is 4. The van der Waals surface area contributed by atoms with Crippen molar-refractivity contribution in [1.29, 1.82) is 0 Å². The molecule has 0 saturated heterocycles. The molecule has 0 aromatic rings. The second-order valence-electron chi connectivity index (χ2n) is 6.54. The summed E-state index contributed by atoms with van der Waals surface area (Å²) in [7, 11) is 0. The van der Waals surface area contributed by atoms with E-state index in [0.717, 1.165) is 25.7 Å². The number of hydrogen-bond donors (Lipinski definition) is 2. The van der Waals surface area contributed by atoms with E-state index >= 15 is 0 Å². The van der Waals surface area contributed by atoms with Gasteiger partial charge in [0.2, 0.25) is 11.8 Å². The van der Waals surface area contributed by atoms with Crippen molar-refractivity contribution in [2.24, 2.45) is 10.2 Å². The normalized spacial score (nSPS) is 12.5. The maximum Gasteiger partial charge on any atom is 0.249 e. The first-order valence-corrected chi connectivity index (χ1v) is 8.18. The average molecular weight is 312 g/mol. The number of azo groups is 1. The lowest BCUT2D eigenvalue weighted by Crippen LogP contribution is -2.43. The molecule has 128 valence electrons. The fraction of sp³-hybridized carbons (Fsp3) is 0.875. The van der Waals surface area contributed by atoms with Crippen LogP contribution in [0, 0.1) is 0 Å². The SMILES string of the molecule is CCCCNC(=O)C(C)(C)/N=N/C(C)(C)C(=O)NCCCC. The minimum atomic E-state index is -0.977. The van der Waals surface area contributed by atoms with Crippen LogP contribution >= 0.6 is 0 Å². The van der Waals surface area contributed by atoms with E-state index in [9.17, 15) is 9.59 Å². The van der Waals surface area contributed by atoms with Crippen molar-refractivity contribution in [2.45, 2.75) is 78.3 Å². The van der Waals surface area contributed by atoms with Gasteiger partial charge in [-0.25, -0.2) is 0 Å². The molecule has 0 bridgehead atoms. The molecule has 0 aromatic heterocycles. The van der Waals surface area contributed by atoms with Crippen molar-refractivity contribution in [3.63, 3.8) is 0 Å². The zero-order chi connectivity index (χ0) is 17.2. The van der Waals surface area contributed by atoms with E-state index in [1.54, 1.807) is 27.7 Å². The summed E-state index contributed by atoms with van der Waals surface area (Å²) < 4.78 is 0. The number of carbonyl (C=O) groups excluding carboxylic acids is 2. The molecule has 6 nitrogen and oxygen atoms in total. The van der Waals surface area contributed by atoms with Gasteiger partial charge in [0, 0.05) is 13.1 Å². The van der Waals surface area contributed by atoms with Gasteiger partial charge in [-0.3, -0.25) is 9.59 Å². The largest absolute Gasteiger partial charge is 0.354 e. The van der Waals surface area contributed by atoms with Crippen LogP contribution in [0.15, 0.2) is 10.2 Å². The van der Waals surface area contributed by atoms with Gasteiger partial charge in [0.1, 0.15) is 0 Å². The lowest BCUT2D eigenvalue weighted by molar-refractivity contribution is -0.127. The molecule has 22 heavy (non-hydrogen) atoms. The second-order valence-corrected chi connectivity index (χ2v) is 6.54. The monoisotopic (exact) mass is 312 g/mol. The Kier molecular flexibility index (Phi) is 8.90. The van der Waals surface area contributed by atoms with Gasteiger partial charge >= 0.3 is 0 Å². The van der Waals surface area contributed by atoms with E-state index in [2.05, 4.69) is 34.7 Å². The molecule has 0 saturated carbocycles. The number of carbonyl (C=O) groups is 2. The molecular formula is C16H32N4O2. The van der Waals surface area contributed by atoms with Gasteiger partial charge in [-0.05, 0) is 40.5 Å².